The smallest absolute Gasteiger partial charge is 0.324 e. The van der Waals surface area contributed by atoms with Crippen LogP contribution in [0.4, 0.5) is 16.3 Å². The van der Waals surface area contributed by atoms with Crippen molar-refractivity contribution in [1.82, 2.24) is 24.7 Å². The zero-order valence-corrected chi connectivity index (χ0v) is 22.4. The Labute approximate surface area is 225 Å². The van der Waals surface area contributed by atoms with Gasteiger partial charge in [-0.3, -0.25) is 10.1 Å². The van der Waals surface area contributed by atoms with Gasteiger partial charge in [-0.05, 0) is 50.2 Å². The third kappa shape index (κ3) is 5.64. The number of carbonyl (C=O) groups excluding carboxylic acids is 1. The van der Waals surface area contributed by atoms with Crippen molar-refractivity contribution in [3.63, 3.8) is 0 Å². The van der Waals surface area contributed by atoms with E-state index >= 15 is 0 Å². The molecule has 5 rings (SSSR count). The molecule has 3 heterocycles. The molecule has 0 aliphatic heterocycles. The van der Waals surface area contributed by atoms with Crippen molar-refractivity contribution in [2.45, 2.75) is 40.0 Å². The molecule has 3 N–H and O–H groups in total. The van der Waals surface area contributed by atoms with E-state index in [4.69, 9.17) is 9.84 Å². The summed E-state index contributed by atoms with van der Waals surface area (Å²) < 4.78 is 7.72. The van der Waals surface area contributed by atoms with Gasteiger partial charge in [0, 0.05) is 29.4 Å². The monoisotopic (exact) mass is 523 g/mol. The highest BCUT2D eigenvalue weighted by molar-refractivity contribution is 5.99. The Balaban J connectivity index is 1.32. The van der Waals surface area contributed by atoms with Crippen LogP contribution in [0.1, 0.15) is 37.7 Å². The molecule has 3 aromatic heterocycles. The minimum atomic E-state index is -0.402. The molecule has 2 amide bonds. The van der Waals surface area contributed by atoms with Crippen molar-refractivity contribution in [3.8, 4) is 17.2 Å². The molecule has 5 aromatic rings. The molecule has 10 heteroatoms. The molecule has 0 saturated carbocycles. The molecule has 0 aliphatic rings. The van der Waals surface area contributed by atoms with Crippen LogP contribution in [0.3, 0.4) is 0 Å². The highest BCUT2D eigenvalue weighted by Crippen LogP contribution is 2.28. The lowest BCUT2D eigenvalue weighted by molar-refractivity contribution is 0.262. The summed E-state index contributed by atoms with van der Waals surface area (Å²) in [5.41, 5.74) is 4.07. The number of aromatic amines is 1. The number of anilines is 2. The second-order valence-electron chi connectivity index (χ2n) is 10.3. The van der Waals surface area contributed by atoms with Crippen LogP contribution in [0.5, 0.6) is 11.5 Å². The zero-order chi connectivity index (χ0) is 27.7. The van der Waals surface area contributed by atoms with Crippen LogP contribution in [-0.2, 0) is 5.41 Å². The summed E-state index contributed by atoms with van der Waals surface area (Å²) in [4.78, 5) is 35.9. The van der Waals surface area contributed by atoms with Crippen LogP contribution in [0.15, 0.2) is 71.7 Å². The number of aryl methyl sites for hydroxylation is 2. The van der Waals surface area contributed by atoms with E-state index in [1.807, 2.05) is 37.3 Å². The van der Waals surface area contributed by atoms with Gasteiger partial charge in [0.2, 0.25) is 0 Å². The van der Waals surface area contributed by atoms with Gasteiger partial charge in [0.15, 0.2) is 11.4 Å². The molecular weight excluding hydrogens is 494 g/mol. The molecule has 0 atom stereocenters. The van der Waals surface area contributed by atoms with E-state index in [2.05, 4.69) is 46.4 Å². The molecule has 0 fully saturated rings. The minimum absolute atomic E-state index is 0.192. The van der Waals surface area contributed by atoms with E-state index in [0.29, 0.717) is 39.9 Å². The van der Waals surface area contributed by atoms with Crippen LogP contribution < -0.4 is 20.9 Å². The summed E-state index contributed by atoms with van der Waals surface area (Å²) in [6.07, 6.45) is 1.54. The Morgan fingerprint density at radius 2 is 1.69 bits per heavy atom. The molecule has 198 valence electrons. The van der Waals surface area contributed by atoms with Gasteiger partial charge in [-0.25, -0.2) is 19.4 Å². The number of carbonyl (C=O) groups is 1. The normalized spacial score (nSPS) is 11.4. The first kappa shape index (κ1) is 25.7. The molecule has 2 aromatic carbocycles. The number of urea groups is 1. The second kappa shape index (κ2) is 10.1. The molecule has 0 unspecified atom stereocenters. The Kier molecular flexibility index (Phi) is 6.61. The fourth-order valence-corrected chi connectivity index (χ4v) is 3.87. The van der Waals surface area contributed by atoms with Crippen LogP contribution in [-0.4, -0.2) is 30.8 Å². The van der Waals surface area contributed by atoms with Crippen LogP contribution >= 0.6 is 0 Å². The van der Waals surface area contributed by atoms with Crippen molar-refractivity contribution in [3.05, 3.63) is 94.2 Å². The molecule has 0 aliphatic carbocycles. The van der Waals surface area contributed by atoms with Gasteiger partial charge >= 0.3 is 6.03 Å². The number of pyridine rings is 1. The lowest BCUT2D eigenvalue weighted by atomic mass is 9.92. The van der Waals surface area contributed by atoms with E-state index in [1.54, 1.807) is 41.9 Å². The maximum Gasteiger partial charge on any atom is 0.324 e. The average molecular weight is 524 g/mol. The van der Waals surface area contributed by atoms with Gasteiger partial charge in [0.05, 0.1) is 11.4 Å². The van der Waals surface area contributed by atoms with Gasteiger partial charge < -0.3 is 15.0 Å². The SMILES string of the molecule is Cc1ccc(-n2nc(C(C)(C)C)cc2NC(=O)Nc2ccc(Oc3ccnc4[nH]c(=O)c(C)nc34)cc2)cc1. The third-order valence-electron chi connectivity index (χ3n) is 6.07. The number of nitrogens with one attached hydrogen (secondary N) is 3. The number of hydrogen-bond donors (Lipinski definition) is 3. The summed E-state index contributed by atoms with van der Waals surface area (Å²) in [5.74, 6) is 1.55. The van der Waals surface area contributed by atoms with E-state index < -0.39 is 6.03 Å². The van der Waals surface area contributed by atoms with Crippen LogP contribution in [0.2, 0.25) is 0 Å². The maximum absolute atomic E-state index is 12.9. The van der Waals surface area contributed by atoms with Crippen molar-refractivity contribution < 1.29 is 9.53 Å². The largest absolute Gasteiger partial charge is 0.455 e. The van der Waals surface area contributed by atoms with E-state index in [1.165, 1.54) is 6.20 Å². The van der Waals surface area contributed by atoms with Crippen LogP contribution in [0, 0.1) is 13.8 Å². The van der Waals surface area contributed by atoms with Crippen molar-refractivity contribution in [2.24, 2.45) is 0 Å². The number of H-pyrrole nitrogens is 1. The quantitative estimate of drug-likeness (QED) is 0.265. The maximum atomic E-state index is 12.9. The Morgan fingerprint density at radius 3 is 2.38 bits per heavy atom. The molecular formula is C29H29N7O3. The number of amides is 2. The average Bonchev–Trinajstić information content (AvgIpc) is 3.31. The van der Waals surface area contributed by atoms with E-state index in [9.17, 15) is 9.59 Å². The van der Waals surface area contributed by atoms with Crippen molar-refractivity contribution in [1.29, 1.82) is 0 Å². The number of hydrogen-bond acceptors (Lipinski definition) is 6. The molecule has 10 nitrogen and oxygen atoms in total. The second-order valence-corrected chi connectivity index (χ2v) is 10.3. The fraction of sp³-hybridized carbons (Fsp3) is 0.207. The summed E-state index contributed by atoms with van der Waals surface area (Å²) >= 11 is 0. The van der Waals surface area contributed by atoms with E-state index in [0.717, 1.165) is 16.9 Å². The van der Waals surface area contributed by atoms with Crippen LogP contribution in [0.25, 0.3) is 16.9 Å². The zero-order valence-electron chi connectivity index (χ0n) is 22.4. The molecule has 0 spiro atoms. The minimum Gasteiger partial charge on any atom is -0.455 e. The fourth-order valence-electron chi connectivity index (χ4n) is 3.87. The Morgan fingerprint density at radius 1 is 0.974 bits per heavy atom. The van der Waals surface area contributed by atoms with Gasteiger partial charge in [0.1, 0.15) is 22.8 Å². The highest BCUT2D eigenvalue weighted by Gasteiger charge is 2.21. The lowest BCUT2D eigenvalue weighted by Gasteiger charge is -2.14. The number of benzene rings is 2. The predicted molar refractivity (Wildman–Crippen MR) is 151 cm³/mol. The van der Waals surface area contributed by atoms with Crippen molar-refractivity contribution >= 4 is 28.7 Å². The van der Waals surface area contributed by atoms with Gasteiger partial charge in [-0.15, -0.1) is 0 Å². The first-order valence-corrected chi connectivity index (χ1v) is 12.5. The molecule has 0 radical (unpaired) electrons. The van der Waals surface area contributed by atoms with E-state index in [-0.39, 0.29) is 11.0 Å². The number of fused-ring (bicyclic) bond motifs is 1. The van der Waals surface area contributed by atoms with Crippen molar-refractivity contribution in [2.75, 3.05) is 10.6 Å². The van der Waals surface area contributed by atoms with Gasteiger partial charge in [-0.2, -0.15) is 5.10 Å². The summed E-state index contributed by atoms with van der Waals surface area (Å²) in [7, 11) is 0. The summed E-state index contributed by atoms with van der Waals surface area (Å²) in [6, 6.07) is 18.0. The number of ether oxygens (including phenoxy) is 1. The third-order valence-corrected chi connectivity index (χ3v) is 6.07. The summed E-state index contributed by atoms with van der Waals surface area (Å²) in [6.45, 7) is 9.88. The summed E-state index contributed by atoms with van der Waals surface area (Å²) in [5, 5.41) is 10.5. The number of nitrogens with zero attached hydrogens (tertiary/aromatic N) is 4. The number of aromatic nitrogens is 5. The molecule has 0 bridgehead atoms. The first-order chi connectivity index (χ1) is 18.6. The lowest BCUT2D eigenvalue weighted by Crippen LogP contribution is -2.21. The highest BCUT2D eigenvalue weighted by atomic mass is 16.5. The Hall–Kier alpha value is -4.99. The first-order valence-electron chi connectivity index (χ1n) is 12.5. The standard InChI is InChI=1S/C29H29N7O3/c1-17-6-10-20(11-7-17)36-24(16-23(35-36)29(3,4)5)33-28(38)32-19-8-12-21(13-9-19)39-22-14-15-30-26-25(22)31-18(2)27(37)34-26/h6-16H,1-5H3,(H,30,34,37)(H2,32,33,38). The molecule has 0 saturated heterocycles. The topological polar surface area (TPSA) is 127 Å². The number of rotatable bonds is 5. The van der Waals surface area contributed by atoms with Gasteiger partial charge in [-0.1, -0.05) is 38.5 Å². The van der Waals surface area contributed by atoms with Gasteiger partial charge in [0.25, 0.3) is 5.56 Å². The molecule has 39 heavy (non-hydrogen) atoms. The Bertz CT molecular complexity index is 1710. The predicted octanol–water partition coefficient (Wildman–Crippen LogP) is 5.85.